The zero-order valence-corrected chi connectivity index (χ0v) is 18.3. The van der Waals surface area contributed by atoms with Gasteiger partial charge in [0.2, 0.25) is 5.91 Å². The van der Waals surface area contributed by atoms with Gasteiger partial charge < -0.3 is 4.90 Å². The van der Waals surface area contributed by atoms with E-state index in [0.29, 0.717) is 32.6 Å². The largest absolute Gasteiger partial charge is 0.346 e. The van der Waals surface area contributed by atoms with Gasteiger partial charge in [0.05, 0.1) is 13.0 Å². The Hall–Kier alpha value is -3.15. The van der Waals surface area contributed by atoms with Crippen molar-refractivity contribution in [1.29, 1.82) is 0 Å². The van der Waals surface area contributed by atoms with E-state index in [1.807, 2.05) is 67.3 Å². The van der Waals surface area contributed by atoms with Crippen LogP contribution < -0.4 is 5.69 Å². The summed E-state index contributed by atoms with van der Waals surface area (Å²) in [7, 11) is 0. The molecular formula is C25H30N4O2. The van der Waals surface area contributed by atoms with Gasteiger partial charge in [0.25, 0.3) is 0 Å². The minimum absolute atomic E-state index is 0.0562. The number of nitrogens with zero attached hydrogens (tertiary/aromatic N) is 4. The standard InChI is InChI=1S/C25H30N4O2/c1-3-28-24(26-29(25(28)31)18-20-9-5-4-6-10-20)22-12-14-27(15-13-22)23(30)17-21-11-7-8-19(2)16-21/h4-11,16,22H,3,12-15,17-18H2,1-2H3. The molecule has 0 bridgehead atoms. The molecule has 0 saturated carbocycles. The molecule has 0 spiro atoms. The first-order valence-electron chi connectivity index (χ1n) is 11.1. The quantitative estimate of drug-likeness (QED) is 0.617. The summed E-state index contributed by atoms with van der Waals surface area (Å²) < 4.78 is 3.36. The molecule has 2 heterocycles. The van der Waals surface area contributed by atoms with Gasteiger partial charge in [-0.15, -0.1) is 0 Å². The van der Waals surface area contributed by atoms with Crippen LogP contribution in [0.1, 0.15) is 48.2 Å². The zero-order valence-electron chi connectivity index (χ0n) is 18.3. The predicted octanol–water partition coefficient (Wildman–Crippen LogP) is 3.37. The van der Waals surface area contributed by atoms with Gasteiger partial charge >= 0.3 is 5.69 Å². The number of aromatic nitrogens is 3. The number of rotatable bonds is 6. The zero-order chi connectivity index (χ0) is 21.8. The Morgan fingerprint density at radius 2 is 1.74 bits per heavy atom. The number of carbonyl (C=O) groups excluding carboxylic acids is 1. The molecule has 31 heavy (non-hydrogen) atoms. The minimum atomic E-state index is -0.0562. The maximum Gasteiger partial charge on any atom is 0.346 e. The second-order valence-corrected chi connectivity index (χ2v) is 8.35. The van der Waals surface area contributed by atoms with Crippen molar-refractivity contribution in [2.24, 2.45) is 0 Å². The fourth-order valence-electron chi connectivity index (χ4n) is 4.41. The lowest BCUT2D eigenvalue weighted by Gasteiger charge is -2.31. The molecule has 162 valence electrons. The average Bonchev–Trinajstić information content (AvgIpc) is 3.09. The summed E-state index contributed by atoms with van der Waals surface area (Å²) in [5, 5.41) is 4.71. The lowest BCUT2D eigenvalue weighted by atomic mass is 9.95. The first-order valence-corrected chi connectivity index (χ1v) is 11.1. The minimum Gasteiger partial charge on any atom is -0.342 e. The van der Waals surface area contributed by atoms with Gasteiger partial charge in [-0.3, -0.25) is 9.36 Å². The molecule has 0 radical (unpaired) electrons. The van der Waals surface area contributed by atoms with E-state index >= 15 is 0 Å². The van der Waals surface area contributed by atoms with Crippen LogP contribution in [0.25, 0.3) is 0 Å². The van der Waals surface area contributed by atoms with Gasteiger partial charge in [-0.1, -0.05) is 60.2 Å². The lowest BCUT2D eigenvalue weighted by molar-refractivity contribution is -0.131. The van der Waals surface area contributed by atoms with Crippen LogP contribution in [-0.2, 0) is 24.3 Å². The van der Waals surface area contributed by atoms with Crippen molar-refractivity contribution in [3.8, 4) is 0 Å². The maximum absolute atomic E-state index is 12.9. The summed E-state index contributed by atoms with van der Waals surface area (Å²) in [6, 6.07) is 18.1. The Morgan fingerprint density at radius 1 is 1.03 bits per heavy atom. The van der Waals surface area contributed by atoms with Crippen LogP contribution in [0.2, 0.25) is 0 Å². The van der Waals surface area contributed by atoms with Crippen molar-refractivity contribution in [3.05, 3.63) is 87.6 Å². The molecule has 0 unspecified atom stereocenters. The van der Waals surface area contributed by atoms with Gasteiger partial charge in [0, 0.05) is 25.6 Å². The van der Waals surface area contributed by atoms with Crippen molar-refractivity contribution in [2.75, 3.05) is 13.1 Å². The summed E-state index contributed by atoms with van der Waals surface area (Å²) in [6.45, 7) is 6.53. The van der Waals surface area contributed by atoms with Gasteiger partial charge in [-0.05, 0) is 37.8 Å². The Labute approximate surface area is 183 Å². The molecule has 1 aliphatic rings. The van der Waals surface area contributed by atoms with Crippen LogP contribution in [0.15, 0.2) is 59.4 Å². The highest BCUT2D eigenvalue weighted by atomic mass is 16.2. The van der Waals surface area contributed by atoms with E-state index in [-0.39, 0.29) is 17.5 Å². The molecule has 0 aliphatic carbocycles. The summed E-state index contributed by atoms with van der Waals surface area (Å²) in [5.41, 5.74) is 3.24. The van der Waals surface area contributed by atoms with Crippen molar-refractivity contribution < 1.29 is 4.79 Å². The Kier molecular flexibility index (Phi) is 6.35. The van der Waals surface area contributed by atoms with E-state index < -0.39 is 0 Å². The fourth-order valence-corrected chi connectivity index (χ4v) is 4.41. The number of hydrogen-bond acceptors (Lipinski definition) is 3. The second-order valence-electron chi connectivity index (χ2n) is 8.35. The highest BCUT2D eigenvalue weighted by Gasteiger charge is 2.28. The Bertz CT molecular complexity index is 1090. The first kappa shape index (κ1) is 21.1. The average molecular weight is 419 g/mol. The van der Waals surface area contributed by atoms with Crippen molar-refractivity contribution in [3.63, 3.8) is 0 Å². The third-order valence-electron chi connectivity index (χ3n) is 6.09. The number of benzene rings is 2. The van der Waals surface area contributed by atoms with E-state index in [9.17, 15) is 9.59 Å². The second kappa shape index (κ2) is 9.33. The number of piperidine rings is 1. The molecule has 0 atom stereocenters. The third kappa shape index (κ3) is 4.79. The number of aryl methyl sites for hydroxylation is 1. The van der Waals surface area contributed by atoms with Gasteiger partial charge in [-0.2, -0.15) is 5.10 Å². The van der Waals surface area contributed by atoms with Crippen LogP contribution in [-0.4, -0.2) is 38.2 Å². The number of amides is 1. The van der Waals surface area contributed by atoms with Crippen molar-refractivity contribution >= 4 is 5.91 Å². The third-order valence-corrected chi connectivity index (χ3v) is 6.09. The summed E-state index contributed by atoms with van der Waals surface area (Å²) >= 11 is 0. The molecule has 1 fully saturated rings. The van der Waals surface area contributed by atoms with Gasteiger partial charge in [0.1, 0.15) is 5.82 Å². The van der Waals surface area contributed by atoms with E-state index in [2.05, 4.69) is 6.07 Å². The number of likely N-dealkylation sites (tertiary alicyclic amines) is 1. The SMILES string of the molecule is CCn1c(C2CCN(C(=O)Cc3cccc(C)c3)CC2)nn(Cc2ccccc2)c1=O. The van der Waals surface area contributed by atoms with Crippen LogP contribution in [0.4, 0.5) is 0 Å². The molecule has 0 N–H and O–H groups in total. The number of hydrogen-bond donors (Lipinski definition) is 0. The van der Waals surface area contributed by atoms with Gasteiger partial charge in [0.15, 0.2) is 0 Å². The van der Waals surface area contributed by atoms with Crippen molar-refractivity contribution in [2.45, 2.75) is 52.1 Å². The predicted molar refractivity (Wildman–Crippen MR) is 121 cm³/mol. The summed E-state index contributed by atoms with van der Waals surface area (Å²) in [6.07, 6.45) is 2.11. The summed E-state index contributed by atoms with van der Waals surface area (Å²) in [5.74, 6) is 1.23. The number of carbonyl (C=O) groups is 1. The molecule has 1 amide bonds. The molecule has 4 rings (SSSR count). The molecule has 1 aromatic heterocycles. The summed E-state index contributed by atoms with van der Waals surface area (Å²) in [4.78, 5) is 27.6. The molecule has 3 aromatic rings. The molecule has 2 aromatic carbocycles. The fraction of sp³-hybridized carbons (Fsp3) is 0.400. The topological polar surface area (TPSA) is 60.1 Å². The van der Waals surface area contributed by atoms with E-state index in [1.54, 1.807) is 9.25 Å². The Balaban J connectivity index is 1.43. The van der Waals surface area contributed by atoms with E-state index in [1.165, 1.54) is 5.56 Å². The molecule has 1 saturated heterocycles. The molecule has 6 nitrogen and oxygen atoms in total. The lowest BCUT2D eigenvalue weighted by Crippen LogP contribution is -2.39. The van der Waals surface area contributed by atoms with E-state index in [4.69, 9.17) is 5.10 Å². The normalized spacial score (nSPS) is 14.7. The highest BCUT2D eigenvalue weighted by molar-refractivity contribution is 5.78. The van der Waals surface area contributed by atoms with E-state index in [0.717, 1.165) is 29.8 Å². The van der Waals surface area contributed by atoms with Crippen molar-refractivity contribution in [1.82, 2.24) is 19.2 Å². The molecular weight excluding hydrogens is 388 g/mol. The monoisotopic (exact) mass is 418 g/mol. The first-order chi connectivity index (χ1) is 15.0. The molecule has 6 heteroatoms. The van der Waals surface area contributed by atoms with Crippen LogP contribution >= 0.6 is 0 Å². The van der Waals surface area contributed by atoms with Crippen LogP contribution in [0.5, 0.6) is 0 Å². The Morgan fingerprint density at radius 3 is 2.42 bits per heavy atom. The molecule has 1 aliphatic heterocycles. The van der Waals surface area contributed by atoms with Crippen LogP contribution in [0.3, 0.4) is 0 Å². The van der Waals surface area contributed by atoms with Gasteiger partial charge in [-0.25, -0.2) is 9.48 Å². The smallest absolute Gasteiger partial charge is 0.342 e. The highest BCUT2D eigenvalue weighted by Crippen LogP contribution is 2.26. The van der Waals surface area contributed by atoms with Crippen LogP contribution in [0, 0.1) is 6.92 Å². The maximum atomic E-state index is 12.9.